The number of aliphatic hydroxyl groups is 1. The molecule has 1 fully saturated rings. The third kappa shape index (κ3) is 5.57. The molecule has 1 aromatic heterocycles. The molecule has 5 rings (SSSR count). The van der Waals surface area contributed by atoms with Gasteiger partial charge < -0.3 is 14.6 Å². The Morgan fingerprint density at radius 1 is 0.976 bits per heavy atom. The predicted octanol–water partition coefficient (Wildman–Crippen LogP) is 7.51. The molecule has 1 aliphatic heterocycles. The van der Waals surface area contributed by atoms with Gasteiger partial charge in [-0.25, -0.2) is 4.98 Å². The molecule has 41 heavy (non-hydrogen) atoms. The van der Waals surface area contributed by atoms with Gasteiger partial charge in [0, 0.05) is 5.56 Å². The number of thiazole rings is 1. The van der Waals surface area contributed by atoms with E-state index >= 15 is 0 Å². The van der Waals surface area contributed by atoms with Crippen molar-refractivity contribution in [2.24, 2.45) is 0 Å². The Morgan fingerprint density at radius 3 is 2.49 bits per heavy atom. The molecule has 0 saturated carbocycles. The van der Waals surface area contributed by atoms with Crippen molar-refractivity contribution in [2.45, 2.75) is 53.0 Å². The van der Waals surface area contributed by atoms with Crippen LogP contribution in [-0.4, -0.2) is 35.0 Å². The van der Waals surface area contributed by atoms with E-state index in [-0.39, 0.29) is 11.3 Å². The average Bonchev–Trinajstić information content (AvgIpc) is 3.50. The van der Waals surface area contributed by atoms with Gasteiger partial charge in [-0.05, 0) is 62.1 Å². The van der Waals surface area contributed by atoms with E-state index < -0.39 is 17.7 Å². The first-order valence-electron chi connectivity index (χ1n) is 14.0. The number of ether oxygens (including phenoxy) is 2. The van der Waals surface area contributed by atoms with E-state index in [1.807, 2.05) is 45.0 Å². The molecule has 4 aromatic rings. The molecular formula is C33H34N2O5S. The number of aryl methyl sites for hydroxylation is 2. The van der Waals surface area contributed by atoms with Crippen LogP contribution in [0.2, 0.25) is 0 Å². The van der Waals surface area contributed by atoms with Crippen molar-refractivity contribution in [3.05, 3.63) is 88.5 Å². The molecule has 0 radical (unpaired) electrons. The fourth-order valence-electron chi connectivity index (χ4n) is 5.18. The number of carbonyl (C=O) groups is 2. The summed E-state index contributed by atoms with van der Waals surface area (Å²) in [6.45, 7) is 8.99. The van der Waals surface area contributed by atoms with Gasteiger partial charge in [0.15, 0.2) is 16.6 Å². The van der Waals surface area contributed by atoms with Crippen molar-refractivity contribution >= 4 is 44.1 Å². The highest BCUT2D eigenvalue weighted by atomic mass is 32.1. The summed E-state index contributed by atoms with van der Waals surface area (Å²) < 4.78 is 12.9. The van der Waals surface area contributed by atoms with Gasteiger partial charge in [0.25, 0.3) is 5.78 Å². The molecule has 1 saturated heterocycles. The molecule has 1 aliphatic rings. The third-order valence-corrected chi connectivity index (χ3v) is 8.11. The molecule has 3 aromatic carbocycles. The topological polar surface area (TPSA) is 89.0 Å². The van der Waals surface area contributed by atoms with Crippen LogP contribution in [0.5, 0.6) is 11.5 Å². The predicted molar refractivity (Wildman–Crippen MR) is 163 cm³/mol. The van der Waals surface area contributed by atoms with E-state index in [4.69, 9.17) is 14.5 Å². The van der Waals surface area contributed by atoms with Crippen LogP contribution in [0.3, 0.4) is 0 Å². The lowest BCUT2D eigenvalue weighted by Gasteiger charge is -2.24. The zero-order chi connectivity index (χ0) is 29.1. The highest BCUT2D eigenvalue weighted by Gasteiger charge is 2.48. The highest BCUT2D eigenvalue weighted by molar-refractivity contribution is 7.22. The van der Waals surface area contributed by atoms with Crippen molar-refractivity contribution < 1.29 is 24.2 Å². The van der Waals surface area contributed by atoms with E-state index in [2.05, 4.69) is 6.92 Å². The molecule has 2 heterocycles. The van der Waals surface area contributed by atoms with Gasteiger partial charge in [-0.1, -0.05) is 73.6 Å². The van der Waals surface area contributed by atoms with Crippen molar-refractivity contribution in [1.82, 2.24) is 4.98 Å². The Kier molecular flexibility index (Phi) is 8.40. The number of ketones is 1. The van der Waals surface area contributed by atoms with Gasteiger partial charge in [-0.3, -0.25) is 14.5 Å². The Bertz CT molecular complexity index is 1630. The number of hydrogen-bond acceptors (Lipinski definition) is 7. The molecule has 1 atom stereocenters. The summed E-state index contributed by atoms with van der Waals surface area (Å²) in [5, 5.41) is 11.8. The largest absolute Gasteiger partial charge is 0.507 e. The summed E-state index contributed by atoms with van der Waals surface area (Å²) in [7, 11) is 0. The summed E-state index contributed by atoms with van der Waals surface area (Å²) in [5.41, 5.74) is 3.93. The first kappa shape index (κ1) is 28.4. The second kappa shape index (κ2) is 12.1. The average molecular weight is 571 g/mol. The standard InChI is InChI=1S/C33H34N2O5S/c1-5-7-11-16-40-24-15-14-23(19-25(24)39-6-2)29-27(30(36)22-12-9-8-10-13-22)31(37)32(38)35(29)33-34-28-21(4)17-20(3)18-26(28)41-33/h8-10,12-15,17-19,29,36H,5-7,11,16H2,1-4H3/b30-27+. The lowest BCUT2D eigenvalue weighted by Crippen LogP contribution is -2.29. The second-order valence-electron chi connectivity index (χ2n) is 10.2. The van der Waals surface area contributed by atoms with Gasteiger partial charge in [-0.2, -0.15) is 0 Å². The Labute approximate surface area is 244 Å². The molecule has 212 valence electrons. The molecule has 0 bridgehead atoms. The first-order chi connectivity index (χ1) is 19.8. The number of unbranched alkanes of at least 4 members (excludes halogenated alkanes) is 2. The Balaban J connectivity index is 1.67. The van der Waals surface area contributed by atoms with Crippen LogP contribution in [0.4, 0.5) is 5.13 Å². The molecule has 0 spiro atoms. The van der Waals surface area contributed by atoms with Gasteiger partial charge >= 0.3 is 5.91 Å². The third-order valence-electron chi connectivity index (χ3n) is 7.11. The lowest BCUT2D eigenvalue weighted by molar-refractivity contribution is -0.132. The molecule has 8 heteroatoms. The summed E-state index contributed by atoms with van der Waals surface area (Å²) in [6, 6.07) is 17.4. The molecule has 1 amide bonds. The SMILES string of the molecule is CCCCCOc1ccc(C2/C(=C(\O)c3ccccc3)C(=O)C(=O)N2c2nc3c(C)cc(C)cc3s2)cc1OCC. The summed E-state index contributed by atoms with van der Waals surface area (Å²) in [5.74, 6) is -0.622. The number of nitrogens with zero attached hydrogens (tertiary/aromatic N) is 2. The van der Waals surface area contributed by atoms with Crippen molar-refractivity contribution in [3.8, 4) is 11.5 Å². The number of anilines is 1. The highest BCUT2D eigenvalue weighted by Crippen LogP contribution is 2.46. The van der Waals surface area contributed by atoms with Gasteiger partial charge in [0.1, 0.15) is 5.76 Å². The monoisotopic (exact) mass is 570 g/mol. The van der Waals surface area contributed by atoms with Crippen LogP contribution in [0.25, 0.3) is 16.0 Å². The Morgan fingerprint density at radius 2 is 1.76 bits per heavy atom. The van der Waals surface area contributed by atoms with Crippen molar-refractivity contribution in [3.63, 3.8) is 0 Å². The van der Waals surface area contributed by atoms with Crippen LogP contribution in [0.1, 0.15) is 61.4 Å². The number of benzene rings is 3. The van der Waals surface area contributed by atoms with Crippen molar-refractivity contribution in [1.29, 1.82) is 0 Å². The molecule has 1 unspecified atom stereocenters. The van der Waals surface area contributed by atoms with Crippen LogP contribution in [-0.2, 0) is 9.59 Å². The minimum atomic E-state index is -0.912. The minimum absolute atomic E-state index is 0.00687. The van der Waals surface area contributed by atoms with E-state index in [1.165, 1.54) is 16.2 Å². The molecule has 1 N–H and O–H groups in total. The molecule has 0 aliphatic carbocycles. The van der Waals surface area contributed by atoms with E-state index in [1.54, 1.807) is 36.4 Å². The number of carbonyl (C=O) groups excluding carboxylic acids is 2. The quantitative estimate of drug-likeness (QED) is 0.0919. The zero-order valence-electron chi connectivity index (χ0n) is 23.8. The molecule has 7 nitrogen and oxygen atoms in total. The first-order valence-corrected chi connectivity index (χ1v) is 14.8. The number of fused-ring (bicyclic) bond motifs is 1. The second-order valence-corrected chi connectivity index (χ2v) is 11.2. The number of rotatable bonds is 10. The van der Waals surface area contributed by atoms with Crippen LogP contribution in [0, 0.1) is 13.8 Å². The van der Waals surface area contributed by atoms with Crippen LogP contribution in [0.15, 0.2) is 66.2 Å². The summed E-state index contributed by atoms with van der Waals surface area (Å²) in [4.78, 5) is 33.5. The molecular weight excluding hydrogens is 536 g/mol. The number of aliphatic hydroxyl groups excluding tert-OH is 1. The summed E-state index contributed by atoms with van der Waals surface area (Å²) >= 11 is 1.35. The maximum Gasteiger partial charge on any atom is 0.301 e. The number of hydrogen-bond donors (Lipinski definition) is 1. The van der Waals surface area contributed by atoms with Crippen LogP contribution >= 0.6 is 11.3 Å². The van der Waals surface area contributed by atoms with Gasteiger partial charge in [-0.15, -0.1) is 0 Å². The van der Waals surface area contributed by atoms with E-state index in [0.29, 0.717) is 41.0 Å². The van der Waals surface area contributed by atoms with Gasteiger partial charge in [0.05, 0.1) is 35.0 Å². The van der Waals surface area contributed by atoms with Crippen molar-refractivity contribution in [2.75, 3.05) is 18.1 Å². The fraction of sp³-hybridized carbons (Fsp3) is 0.303. The zero-order valence-corrected chi connectivity index (χ0v) is 24.6. The Hall–Kier alpha value is -4.17. The lowest BCUT2D eigenvalue weighted by atomic mass is 9.95. The van der Waals surface area contributed by atoms with Gasteiger partial charge in [0.2, 0.25) is 0 Å². The maximum atomic E-state index is 13.7. The number of Topliss-reactive ketones (excluding diaryl/α,β-unsaturated/α-hetero) is 1. The smallest absolute Gasteiger partial charge is 0.301 e. The summed E-state index contributed by atoms with van der Waals surface area (Å²) in [6.07, 6.45) is 3.08. The number of amides is 1. The minimum Gasteiger partial charge on any atom is -0.507 e. The maximum absolute atomic E-state index is 13.7. The number of aromatic nitrogens is 1. The van der Waals surface area contributed by atoms with Crippen LogP contribution < -0.4 is 14.4 Å². The van der Waals surface area contributed by atoms with E-state index in [0.717, 1.165) is 40.6 Å². The fourth-order valence-corrected chi connectivity index (χ4v) is 6.34. The normalized spacial score (nSPS) is 16.5. The van der Waals surface area contributed by atoms with E-state index in [9.17, 15) is 14.7 Å².